The van der Waals surface area contributed by atoms with Crippen molar-refractivity contribution in [3.05, 3.63) is 36.5 Å². The molecule has 0 saturated carbocycles. The molecule has 0 bridgehead atoms. The van der Waals surface area contributed by atoms with Gasteiger partial charge in [0.05, 0.1) is 0 Å². The summed E-state index contributed by atoms with van der Waals surface area (Å²) in [7, 11) is 0. The van der Waals surface area contributed by atoms with Crippen LogP contribution in [-0.4, -0.2) is 28.6 Å². The van der Waals surface area contributed by atoms with E-state index >= 15 is 0 Å². The molecule has 0 unspecified atom stereocenters. The van der Waals surface area contributed by atoms with E-state index in [1.165, 1.54) is 5.56 Å². The molecule has 0 spiro atoms. The average molecular weight is 307 g/mol. The van der Waals surface area contributed by atoms with E-state index in [2.05, 4.69) is 49.3 Å². The molecule has 0 fully saturated rings. The molecule has 0 atom stereocenters. The second kappa shape index (κ2) is 4.00. The number of hydrogen-bond donors (Lipinski definition) is 1. The fourth-order valence-electron chi connectivity index (χ4n) is 1.57. The number of nitrogens with zero attached hydrogens (tertiary/aromatic N) is 1. The van der Waals surface area contributed by atoms with E-state index in [1.807, 2.05) is 6.07 Å². The SMILES string of the molecule is [CH3][Sn]([CH3])([CH3])[c]1ccc(-c2ccn[nH]2)cc1. The van der Waals surface area contributed by atoms with Gasteiger partial charge in [-0.05, 0) is 0 Å². The Morgan fingerprint density at radius 1 is 1.00 bits per heavy atom. The average Bonchev–Trinajstić information content (AvgIpc) is 2.69. The summed E-state index contributed by atoms with van der Waals surface area (Å²) in [6, 6.07) is 10.9. The van der Waals surface area contributed by atoms with Crippen LogP contribution in [0, 0.1) is 0 Å². The molecule has 2 nitrogen and oxygen atoms in total. The van der Waals surface area contributed by atoms with Crippen molar-refractivity contribution in [3.63, 3.8) is 0 Å². The minimum absolute atomic E-state index is 1.09. The van der Waals surface area contributed by atoms with Crippen molar-refractivity contribution in [3.8, 4) is 11.3 Å². The number of rotatable bonds is 2. The van der Waals surface area contributed by atoms with Crippen molar-refractivity contribution in [1.82, 2.24) is 10.2 Å². The third-order valence-corrected chi connectivity index (χ3v) is 8.46. The molecule has 1 heterocycles. The van der Waals surface area contributed by atoms with Crippen LogP contribution in [-0.2, 0) is 0 Å². The minimum atomic E-state index is -1.87. The topological polar surface area (TPSA) is 28.7 Å². The number of aromatic amines is 1. The number of H-pyrrole nitrogens is 1. The fourth-order valence-corrected chi connectivity index (χ4v) is 4.90. The Kier molecular flexibility index (Phi) is 2.87. The van der Waals surface area contributed by atoms with Crippen LogP contribution in [0.4, 0.5) is 0 Å². The standard InChI is InChI=1S/C9H7N2.3CH3.Sn/c1-2-4-8(5-3-1)9-6-7-10-11-9;;;;/h2-7H,(H,10,11);3*1H3;. The third-order valence-electron chi connectivity index (χ3n) is 2.56. The first-order valence-electron chi connectivity index (χ1n) is 5.18. The molecule has 2 aromatic rings. The Hall–Kier alpha value is -0.771. The van der Waals surface area contributed by atoms with E-state index in [4.69, 9.17) is 0 Å². The first kappa shape index (κ1) is 10.7. The first-order valence-corrected chi connectivity index (χ1v) is 15.2. The molecule has 0 aliphatic carbocycles. The molecule has 0 radical (unpaired) electrons. The summed E-state index contributed by atoms with van der Waals surface area (Å²) in [5.41, 5.74) is 2.30. The molecule has 3 heteroatoms. The van der Waals surface area contributed by atoms with Gasteiger partial charge < -0.3 is 0 Å². The maximum absolute atomic E-state index is 3.96. The van der Waals surface area contributed by atoms with Crippen LogP contribution < -0.4 is 3.58 Å². The van der Waals surface area contributed by atoms with E-state index < -0.39 is 18.4 Å². The summed E-state index contributed by atoms with van der Waals surface area (Å²) in [5.74, 6) is 0. The van der Waals surface area contributed by atoms with Crippen LogP contribution in [0.15, 0.2) is 36.5 Å². The van der Waals surface area contributed by atoms with Crippen LogP contribution in [0.25, 0.3) is 11.3 Å². The maximum atomic E-state index is 3.96. The van der Waals surface area contributed by atoms with Gasteiger partial charge in [0.2, 0.25) is 0 Å². The molecule has 1 aromatic carbocycles. The van der Waals surface area contributed by atoms with Gasteiger partial charge in [-0.2, -0.15) is 0 Å². The van der Waals surface area contributed by atoms with Crippen LogP contribution in [0.5, 0.6) is 0 Å². The number of nitrogens with one attached hydrogen (secondary N) is 1. The summed E-state index contributed by atoms with van der Waals surface area (Å²) < 4.78 is 1.56. The molecule has 15 heavy (non-hydrogen) atoms. The molecule has 1 N–H and O–H groups in total. The number of hydrogen-bond acceptors (Lipinski definition) is 1. The first-order chi connectivity index (χ1) is 7.07. The Balaban J connectivity index is 2.33. The number of benzene rings is 1. The third kappa shape index (κ3) is 2.42. The predicted octanol–water partition coefficient (Wildman–Crippen LogP) is 2.62. The zero-order valence-corrected chi connectivity index (χ0v) is 12.3. The second-order valence-corrected chi connectivity index (χ2v) is 19.3. The van der Waals surface area contributed by atoms with Gasteiger partial charge in [-0.1, -0.05) is 0 Å². The molecular formula is C12H16N2Sn. The van der Waals surface area contributed by atoms with Gasteiger partial charge in [0, 0.05) is 0 Å². The fraction of sp³-hybridized carbons (Fsp3) is 0.250. The van der Waals surface area contributed by atoms with Gasteiger partial charge in [-0.25, -0.2) is 0 Å². The molecule has 0 aliphatic heterocycles. The van der Waals surface area contributed by atoms with Crippen LogP contribution in [0.3, 0.4) is 0 Å². The summed E-state index contributed by atoms with van der Waals surface area (Å²) in [5, 5.41) is 6.94. The summed E-state index contributed by atoms with van der Waals surface area (Å²) >= 11 is -1.87. The van der Waals surface area contributed by atoms with E-state index in [0.29, 0.717) is 0 Å². The van der Waals surface area contributed by atoms with Gasteiger partial charge in [0.15, 0.2) is 0 Å². The zero-order chi connectivity index (χ0) is 10.9. The second-order valence-electron chi connectivity index (χ2n) is 4.80. The molecule has 0 amide bonds. The quantitative estimate of drug-likeness (QED) is 0.849. The van der Waals surface area contributed by atoms with Crippen molar-refractivity contribution in [2.75, 3.05) is 0 Å². The van der Waals surface area contributed by atoms with E-state index in [-0.39, 0.29) is 0 Å². The van der Waals surface area contributed by atoms with Crippen LogP contribution >= 0.6 is 0 Å². The molecule has 0 saturated heterocycles. The van der Waals surface area contributed by atoms with Gasteiger partial charge in [-0.3, -0.25) is 0 Å². The van der Waals surface area contributed by atoms with Crippen molar-refractivity contribution in [2.45, 2.75) is 14.8 Å². The van der Waals surface area contributed by atoms with E-state index in [9.17, 15) is 0 Å². The molecular weight excluding hydrogens is 291 g/mol. The van der Waals surface area contributed by atoms with Gasteiger partial charge in [-0.15, -0.1) is 0 Å². The summed E-state index contributed by atoms with van der Waals surface area (Å²) in [4.78, 5) is 7.29. The van der Waals surface area contributed by atoms with E-state index in [0.717, 1.165) is 5.69 Å². The normalized spacial score (nSPS) is 11.7. The molecule has 1 aromatic heterocycles. The van der Waals surface area contributed by atoms with Gasteiger partial charge in [0.1, 0.15) is 0 Å². The molecule has 2 rings (SSSR count). The van der Waals surface area contributed by atoms with Crippen molar-refractivity contribution in [1.29, 1.82) is 0 Å². The predicted molar refractivity (Wildman–Crippen MR) is 67.0 cm³/mol. The zero-order valence-electron chi connectivity index (χ0n) is 9.41. The number of aromatic nitrogens is 2. The molecule has 0 aliphatic rings. The Bertz CT molecular complexity index is 424. The Labute approximate surface area is 94.6 Å². The molecule has 78 valence electrons. The Morgan fingerprint density at radius 2 is 1.67 bits per heavy atom. The van der Waals surface area contributed by atoms with Crippen molar-refractivity contribution in [2.24, 2.45) is 0 Å². The van der Waals surface area contributed by atoms with Gasteiger partial charge in [0.25, 0.3) is 0 Å². The van der Waals surface area contributed by atoms with Gasteiger partial charge >= 0.3 is 94.8 Å². The van der Waals surface area contributed by atoms with Crippen molar-refractivity contribution >= 4 is 22.0 Å². The Morgan fingerprint density at radius 3 is 2.13 bits per heavy atom. The summed E-state index contributed by atoms with van der Waals surface area (Å²) in [6.45, 7) is 0. The van der Waals surface area contributed by atoms with Crippen LogP contribution in [0.2, 0.25) is 14.8 Å². The van der Waals surface area contributed by atoms with Crippen molar-refractivity contribution < 1.29 is 0 Å². The monoisotopic (exact) mass is 308 g/mol. The van der Waals surface area contributed by atoms with Crippen LogP contribution in [0.1, 0.15) is 0 Å². The summed E-state index contributed by atoms with van der Waals surface area (Å²) in [6.07, 6.45) is 1.78. The van der Waals surface area contributed by atoms with E-state index in [1.54, 1.807) is 9.78 Å².